The van der Waals surface area contributed by atoms with Crippen molar-refractivity contribution in [3.63, 3.8) is 0 Å². The highest BCUT2D eigenvalue weighted by molar-refractivity contribution is 7.86. The largest absolute Gasteiger partial charge is 0.302 e. The SMILES string of the molecule is O=S(=O)(F)CCc1cc(Cl)nnc1Cl. The Bertz CT molecular complexity index is 437. The molecule has 0 atom stereocenters. The molecule has 4 nitrogen and oxygen atoms in total. The highest BCUT2D eigenvalue weighted by Crippen LogP contribution is 2.16. The molecular formula is C6H5Cl2FN2O2S. The number of rotatable bonds is 3. The molecule has 0 aliphatic heterocycles. The molecule has 0 aromatic carbocycles. The van der Waals surface area contributed by atoms with E-state index in [0.29, 0.717) is 5.56 Å². The van der Waals surface area contributed by atoms with E-state index in [0.717, 1.165) is 0 Å². The van der Waals surface area contributed by atoms with Crippen LogP contribution in [0.25, 0.3) is 0 Å². The summed E-state index contributed by atoms with van der Waals surface area (Å²) in [5, 5.41) is 6.98. The van der Waals surface area contributed by atoms with Crippen LogP contribution in [0.15, 0.2) is 6.07 Å². The van der Waals surface area contributed by atoms with Crippen LogP contribution in [0.4, 0.5) is 3.89 Å². The van der Waals surface area contributed by atoms with Gasteiger partial charge < -0.3 is 0 Å². The van der Waals surface area contributed by atoms with Gasteiger partial charge in [-0.25, -0.2) is 0 Å². The van der Waals surface area contributed by atoms with Crippen LogP contribution in [0, 0.1) is 0 Å². The zero-order chi connectivity index (χ0) is 10.8. The maximum absolute atomic E-state index is 12.2. The molecule has 0 aliphatic rings. The van der Waals surface area contributed by atoms with Crippen molar-refractivity contribution < 1.29 is 12.3 Å². The first kappa shape index (κ1) is 11.6. The van der Waals surface area contributed by atoms with Crippen molar-refractivity contribution in [3.05, 3.63) is 21.9 Å². The second kappa shape index (κ2) is 4.37. The molecule has 1 rings (SSSR count). The van der Waals surface area contributed by atoms with Crippen molar-refractivity contribution in [1.29, 1.82) is 0 Å². The monoisotopic (exact) mass is 258 g/mol. The first-order valence-corrected chi connectivity index (χ1v) is 5.79. The maximum atomic E-state index is 12.2. The number of nitrogens with zero attached hydrogens (tertiary/aromatic N) is 2. The van der Waals surface area contributed by atoms with Crippen molar-refractivity contribution in [2.24, 2.45) is 0 Å². The summed E-state index contributed by atoms with van der Waals surface area (Å²) in [4.78, 5) is 0. The van der Waals surface area contributed by atoms with Crippen LogP contribution in [0.3, 0.4) is 0 Å². The quantitative estimate of drug-likeness (QED) is 0.774. The summed E-state index contributed by atoms with van der Waals surface area (Å²) >= 11 is 11.1. The fourth-order valence-corrected chi connectivity index (χ4v) is 1.62. The van der Waals surface area contributed by atoms with Crippen LogP contribution in [-0.4, -0.2) is 24.4 Å². The summed E-state index contributed by atoms with van der Waals surface area (Å²) in [6.45, 7) is 0. The molecule has 8 heteroatoms. The van der Waals surface area contributed by atoms with Crippen molar-refractivity contribution in [1.82, 2.24) is 10.2 Å². The lowest BCUT2D eigenvalue weighted by atomic mass is 10.2. The van der Waals surface area contributed by atoms with E-state index in [2.05, 4.69) is 10.2 Å². The van der Waals surface area contributed by atoms with E-state index in [9.17, 15) is 12.3 Å². The molecule has 0 amide bonds. The highest BCUT2D eigenvalue weighted by Gasteiger charge is 2.11. The van der Waals surface area contributed by atoms with Gasteiger partial charge in [-0.2, -0.15) is 8.42 Å². The normalized spacial score (nSPS) is 11.6. The van der Waals surface area contributed by atoms with Gasteiger partial charge in [0.25, 0.3) is 0 Å². The minimum atomic E-state index is -4.50. The van der Waals surface area contributed by atoms with Crippen LogP contribution < -0.4 is 0 Å². The third-order valence-electron chi connectivity index (χ3n) is 1.41. The van der Waals surface area contributed by atoms with E-state index in [1.165, 1.54) is 6.07 Å². The predicted octanol–water partition coefficient (Wildman–Crippen LogP) is 1.63. The average molecular weight is 259 g/mol. The van der Waals surface area contributed by atoms with Gasteiger partial charge in [0.1, 0.15) is 0 Å². The van der Waals surface area contributed by atoms with E-state index in [1.54, 1.807) is 0 Å². The molecule has 0 N–H and O–H groups in total. The van der Waals surface area contributed by atoms with E-state index < -0.39 is 16.0 Å². The first-order chi connectivity index (χ1) is 6.38. The van der Waals surface area contributed by atoms with E-state index in [-0.39, 0.29) is 16.7 Å². The molecule has 0 unspecified atom stereocenters. The van der Waals surface area contributed by atoms with Gasteiger partial charge in [-0.1, -0.05) is 23.2 Å². The molecule has 1 aromatic heterocycles. The van der Waals surface area contributed by atoms with Gasteiger partial charge in [-0.05, 0) is 18.1 Å². The Morgan fingerprint density at radius 3 is 2.57 bits per heavy atom. The molecule has 0 saturated heterocycles. The molecular weight excluding hydrogens is 254 g/mol. The van der Waals surface area contributed by atoms with Crippen LogP contribution in [-0.2, 0) is 16.6 Å². The Morgan fingerprint density at radius 2 is 2.00 bits per heavy atom. The Hall–Kier alpha value is -0.460. The molecule has 0 bridgehead atoms. The van der Waals surface area contributed by atoms with E-state index >= 15 is 0 Å². The lowest BCUT2D eigenvalue weighted by molar-refractivity contribution is 0.551. The van der Waals surface area contributed by atoms with Crippen LogP contribution in [0.5, 0.6) is 0 Å². The molecule has 0 aliphatic carbocycles. The van der Waals surface area contributed by atoms with Crippen molar-refractivity contribution >= 4 is 33.4 Å². The molecule has 1 heterocycles. The molecule has 14 heavy (non-hydrogen) atoms. The molecule has 0 spiro atoms. The van der Waals surface area contributed by atoms with Crippen LogP contribution >= 0.6 is 23.2 Å². The molecule has 0 saturated carbocycles. The maximum Gasteiger partial charge on any atom is 0.302 e. The van der Waals surface area contributed by atoms with Crippen molar-refractivity contribution in [3.8, 4) is 0 Å². The van der Waals surface area contributed by atoms with Gasteiger partial charge in [-0.15, -0.1) is 14.1 Å². The Balaban J connectivity index is 2.81. The standard InChI is InChI=1S/C6H5Cl2FN2O2S/c7-5-3-4(6(8)11-10-5)1-2-14(9,12)13/h3H,1-2H2. The fourth-order valence-electron chi connectivity index (χ4n) is 0.795. The van der Waals surface area contributed by atoms with Gasteiger partial charge in [0, 0.05) is 0 Å². The Morgan fingerprint density at radius 1 is 1.36 bits per heavy atom. The summed E-state index contributed by atoms with van der Waals surface area (Å²) in [5.74, 6) is -0.644. The summed E-state index contributed by atoms with van der Waals surface area (Å²) in [7, 11) is -4.50. The Labute approximate surface area is 90.3 Å². The minimum Gasteiger partial charge on any atom is -0.195 e. The van der Waals surface area contributed by atoms with Gasteiger partial charge >= 0.3 is 10.2 Å². The summed E-state index contributed by atoms with van der Waals surface area (Å²) in [5.41, 5.74) is 0.355. The second-order valence-corrected chi connectivity index (χ2v) is 4.71. The topological polar surface area (TPSA) is 59.9 Å². The zero-order valence-electron chi connectivity index (χ0n) is 6.74. The van der Waals surface area contributed by atoms with Gasteiger partial charge in [0.2, 0.25) is 0 Å². The number of halogens is 3. The summed E-state index contributed by atoms with van der Waals surface area (Å²) < 4.78 is 32.6. The minimum absolute atomic E-state index is 0.0260. The van der Waals surface area contributed by atoms with E-state index in [1.807, 2.05) is 0 Å². The third kappa shape index (κ3) is 3.73. The van der Waals surface area contributed by atoms with Crippen molar-refractivity contribution in [2.75, 3.05) is 5.75 Å². The lowest BCUT2D eigenvalue weighted by Crippen LogP contribution is -2.03. The number of aromatic nitrogens is 2. The predicted molar refractivity (Wildman–Crippen MR) is 50.7 cm³/mol. The van der Waals surface area contributed by atoms with Gasteiger partial charge in [0.15, 0.2) is 10.3 Å². The second-order valence-electron chi connectivity index (χ2n) is 2.48. The smallest absolute Gasteiger partial charge is 0.195 e. The number of hydrogen-bond acceptors (Lipinski definition) is 4. The van der Waals surface area contributed by atoms with Gasteiger partial charge in [-0.3, -0.25) is 0 Å². The average Bonchev–Trinajstić information content (AvgIpc) is 2.05. The summed E-state index contributed by atoms with van der Waals surface area (Å²) in [6.07, 6.45) is -0.0765. The lowest BCUT2D eigenvalue weighted by Gasteiger charge is -2.00. The van der Waals surface area contributed by atoms with Gasteiger partial charge in [0.05, 0.1) is 5.75 Å². The summed E-state index contributed by atoms with van der Waals surface area (Å²) in [6, 6.07) is 1.35. The van der Waals surface area contributed by atoms with Crippen LogP contribution in [0.1, 0.15) is 5.56 Å². The zero-order valence-corrected chi connectivity index (χ0v) is 9.07. The number of hydrogen-bond donors (Lipinski definition) is 0. The molecule has 78 valence electrons. The highest BCUT2D eigenvalue weighted by atomic mass is 35.5. The number of aryl methyl sites for hydroxylation is 1. The molecule has 1 aromatic rings. The fraction of sp³-hybridized carbons (Fsp3) is 0.333. The Kier molecular flexibility index (Phi) is 3.63. The van der Waals surface area contributed by atoms with E-state index in [4.69, 9.17) is 23.2 Å². The van der Waals surface area contributed by atoms with Crippen LogP contribution in [0.2, 0.25) is 10.3 Å². The molecule has 0 fully saturated rings. The van der Waals surface area contributed by atoms with Crippen molar-refractivity contribution in [2.45, 2.75) is 6.42 Å². The molecule has 0 radical (unpaired) electrons. The first-order valence-electron chi connectivity index (χ1n) is 3.48. The third-order valence-corrected chi connectivity index (χ3v) is 2.60.